The van der Waals surface area contributed by atoms with Crippen LogP contribution in [0, 0.1) is 13.8 Å². The molecule has 124 valence electrons. The molecule has 23 heavy (non-hydrogen) atoms. The summed E-state index contributed by atoms with van der Waals surface area (Å²) in [5.74, 6) is -0.224. The lowest BCUT2D eigenvalue weighted by atomic mass is 10.1. The van der Waals surface area contributed by atoms with Crippen molar-refractivity contribution in [1.82, 2.24) is 0 Å². The Balaban J connectivity index is 2.40. The van der Waals surface area contributed by atoms with Crippen LogP contribution in [0.1, 0.15) is 16.7 Å². The minimum Gasteiger partial charge on any atom is -0.279 e. The van der Waals surface area contributed by atoms with Crippen molar-refractivity contribution in [2.45, 2.75) is 24.5 Å². The third kappa shape index (κ3) is 4.56. The van der Waals surface area contributed by atoms with E-state index in [1.165, 1.54) is 6.07 Å². The molecule has 0 radical (unpaired) electrons. The number of hydrogen-bond acceptors (Lipinski definition) is 4. The quantitative estimate of drug-likeness (QED) is 0.896. The van der Waals surface area contributed by atoms with E-state index < -0.39 is 19.9 Å². The van der Waals surface area contributed by atoms with Gasteiger partial charge in [-0.1, -0.05) is 24.3 Å². The lowest BCUT2D eigenvalue weighted by molar-refractivity contribution is 0.598. The van der Waals surface area contributed by atoms with E-state index in [2.05, 4.69) is 4.72 Å². The fraction of sp³-hybridized carbons (Fsp3) is 0.250. The molecule has 0 aliphatic carbocycles. The van der Waals surface area contributed by atoms with E-state index in [-0.39, 0.29) is 16.3 Å². The molecule has 0 fully saturated rings. The first kappa shape index (κ1) is 17.5. The highest BCUT2D eigenvalue weighted by atomic mass is 32.2. The van der Waals surface area contributed by atoms with Gasteiger partial charge >= 0.3 is 0 Å². The van der Waals surface area contributed by atoms with E-state index in [9.17, 15) is 16.8 Å². The van der Waals surface area contributed by atoms with Crippen molar-refractivity contribution in [3.8, 4) is 0 Å². The Bertz CT molecular complexity index is 932. The summed E-state index contributed by atoms with van der Waals surface area (Å²) in [5, 5.41) is 0. The van der Waals surface area contributed by atoms with Gasteiger partial charge in [0.25, 0.3) is 10.0 Å². The van der Waals surface area contributed by atoms with Crippen LogP contribution in [0.25, 0.3) is 0 Å². The third-order valence-corrected chi connectivity index (χ3v) is 5.67. The molecule has 0 amide bonds. The average molecular weight is 353 g/mol. The molecular weight excluding hydrogens is 334 g/mol. The number of rotatable bonds is 5. The highest BCUT2D eigenvalue weighted by molar-refractivity contribution is 7.92. The summed E-state index contributed by atoms with van der Waals surface area (Å²) in [6, 6.07) is 11.4. The zero-order chi connectivity index (χ0) is 17.3. The number of hydrogen-bond donors (Lipinski definition) is 1. The summed E-state index contributed by atoms with van der Waals surface area (Å²) in [7, 11) is -7.04. The first-order valence-corrected chi connectivity index (χ1v) is 10.5. The Morgan fingerprint density at radius 1 is 0.913 bits per heavy atom. The van der Waals surface area contributed by atoms with Crippen LogP contribution in [0.3, 0.4) is 0 Å². The maximum atomic E-state index is 12.5. The van der Waals surface area contributed by atoms with E-state index in [1.54, 1.807) is 36.4 Å². The Kier molecular flexibility index (Phi) is 4.81. The summed E-state index contributed by atoms with van der Waals surface area (Å²) in [5.41, 5.74) is 2.57. The minimum atomic E-state index is -3.78. The number of anilines is 1. The molecule has 7 heteroatoms. The summed E-state index contributed by atoms with van der Waals surface area (Å²) < 4.78 is 50.5. The highest BCUT2D eigenvalue weighted by Gasteiger charge is 2.17. The summed E-state index contributed by atoms with van der Waals surface area (Å²) in [4.78, 5) is 0.148. The van der Waals surface area contributed by atoms with Crippen molar-refractivity contribution >= 4 is 25.5 Å². The average Bonchev–Trinajstić information content (AvgIpc) is 2.42. The molecule has 0 aliphatic rings. The molecule has 0 bridgehead atoms. The van der Waals surface area contributed by atoms with E-state index in [0.29, 0.717) is 5.56 Å². The molecule has 1 N–H and O–H groups in total. The van der Waals surface area contributed by atoms with Crippen LogP contribution in [0.5, 0.6) is 0 Å². The predicted molar refractivity (Wildman–Crippen MR) is 91.7 cm³/mol. The normalized spacial score (nSPS) is 12.1. The molecular formula is C16H19NO4S2. The Morgan fingerprint density at radius 2 is 1.57 bits per heavy atom. The summed E-state index contributed by atoms with van der Waals surface area (Å²) in [6.45, 7) is 3.74. The molecule has 2 rings (SSSR count). The van der Waals surface area contributed by atoms with Crippen molar-refractivity contribution in [1.29, 1.82) is 0 Å². The molecule has 0 unspecified atom stereocenters. The summed E-state index contributed by atoms with van der Waals surface area (Å²) in [6.07, 6.45) is 1.11. The van der Waals surface area contributed by atoms with Gasteiger partial charge in [0.2, 0.25) is 0 Å². The van der Waals surface area contributed by atoms with Gasteiger partial charge in [0.1, 0.15) is 0 Å². The SMILES string of the molecule is Cc1ccc(S(=O)(=O)Nc2ccccc2CS(C)(=O)=O)cc1C. The van der Waals surface area contributed by atoms with Crippen molar-refractivity contribution in [3.63, 3.8) is 0 Å². The highest BCUT2D eigenvalue weighted by Crippen LogP contribution is 2.23. The number of sulfonamides is 1. The number of aryl methyl sites for hydroxylation is 2. The van der Waals surface area contributed by atoms with E-state index in [1.807, 2.05) is 13.8 Å². The van der Waals surface area contributed by atoms with Gasteiger partial charge in [-0.15, -0.1) is 0 Å². The Labute approximate surface area is 137 Å². The van der Waals surface area contributed by atoms with Gasteiger partial charge in [0.05, 0.1) is 16.3 Å². The van der Waals surface area contributed by atoms with Gasteiger partial charge in [0, 0.05) is 6.26 Å². The van der Waals surface area contributed by atoms with E-state index >= 15 is 0 Å². The molecule has 0 spiro atoms. The Hall–Kier alpha value is -1.86. The Morgan fingerprint density at radius 3 is 2.17 bits per heavy atom. The molecule has 0 saturated carbocycles. The van der Waals surface area contributed by atoms with Crippen LogP contribution in [-0.4, -0.2) is 23.1 Å². The first-order valence-electron chi connectivity index (χ1n) is 6.94. The van der Waals surface area contributed by atoms with Crippen LogP contribution < -0.4 is 4.72 Å². The van der Waals surface area contributed by atoms with Crippen molar-refractivity contribution in [2.24, 2.45) is 0 Å². The van der Waals surface area contributed by atoms with Crippen LogP contribution in [0.2, 0.25) is 0 Å². The summed E-state index contributed by atoms with van der Waals surface area (Å²) >= 11 is 0. The first-order chi connectivity index (χ1) is 10.6. The maximum Gasteiger partial charge on any atom is 0.261 e. The fourth-order valence-electron chi connectivity index (χ4n) is 2.11. The third-order valence-electron chi connectivity index (χ3n) is 3.47. The molecule has 0 saturated heterocycles. The number of para-hydroxylation sites is 1. The molecule has 2 aromatic rings. The second-order valence-corrected chi connectivity index (χ2v) is 9.40. The van der Waals surface area contributed by atoms with Crippen molar-refractivity contribution in [3.05, 3.63) is 59.2 Å². The van der Waals surface area contributed by atoms with E-state index in [0.717, 1.165) is 17.4 Å². The van der Waals surface area contributed by atoms with Crippen LogP contribution >= 0.6 is 0 Å². The van der Waals surface area contributed by atoms with Gasteiger partial charge in [-0.2, -0.15) is 0 Å². The fourth-order valence-corrected chi connectivity index (χ4v) is 4.12. The second kappa shape index (κ2) is 6.33. The second-order valence-electron chi connectivity index (χ2n) is 5.58. The number of benzene rings is 2. The van der Waals surface area contributed by atoms with Crippen LogP contribution in [0.4, 0.5) is 5.69 Å². The monoisotopic (exact) mass is 353 g/mol. The standard InChI is InChI=1S/C16H19NO4S2/c1-12-8-9-15(10-13(12)2)23(20,21)17-16-7-5-4-6-14(16)11-22(3,18)19/h4-10,17H,11H2,1-3H3. The lowest BCUT2D eigenvalue weighted by Crippen LogP contribution is -2.15. The zero-order valence-electron chi connectivity index (χ0n) is 13.2. The van der Waals surface area contributed by atoms with Crippen molar-refractivity contribution < 1.29 is 16.8 Å². The predicted octanol–water partition coefficient (Wildman–Crippen LogP) is 2.65. The zero-order valence-corrected chi connectivity index (χ0v) is 14.8. The van der Waals surface area contributed by atoms with Crippen LogP contribution in [0.15, 0.2) is 47.4 Å². The van der Waals surface area contributed by atoms with Gasteiger partial charge in [-0.25, -0.2) is 16.8 Å². The van der Waals surface area contributed by atoms with Gasteiger partial charge < -0.3 is 0 Å². The largest absolute Gasteiger partial charge is 0.279 e. The van der Waals surface area contributed by atoms with Gasteiger partial charge in [0.15, 0.2) is 9.84 Å². The maximum absolute atomic E-state index is 12.5. The topological polar surface area (TPSA) is 80.3 Å². The molecule has 0 heterocycles. The smallest absolute Gasteiger partial charge is 0.261 e. The molecule has 0 atom stereocenters. The number of sulfone groups is 1. The molecule has 5 nitrogen and oxygen atoms in total. The van der Waals surface area contributed by atoms with Crippen molar-refractivity contribution in [2.75, 3.05) is 11.0 Å². The lowest BCUT2D eigenvalue weighted by Gasteiger charge is -2.13. The van der Waals surface area contributed by atoms with Gasteiger partial charge in [-0.3, -0.25) is 4.72 Å². The molecule has 0 aliphatic heterocycles. The van der Waals surface area contributed by atoms with Crippen LogP contribution in [-0.2, 0) is 25.6 Å². The molecule has 0 aromatic heterocycles. The number of nitrogens with one attached hydrogen (secondary N) is 1. The van der Waals surface area contributed by atoms with E-state index in [4.69, 9.17) is 0 Å². The molecule has 2 aromatic carbocycles. The minimum absolute atomic E-state index is 0.148. The van der Waals surface area contributed by atoms with Gasteiger partial charge in [-0.05, 0) is 48.7 Å².